The molecule has 0 bridgehead atoms. The zero-order valence-corrected chi connectivity index (χ0v) is 17.8. The molecule has 2 aromatic carbocycles. The van der Waals surface area contributed by atoms with Crippen molar-refractivity contribution in [1.82, 2.24) is 14.5 Å². The van der Waals surface area contributed by atoms with Gasteiger partial charge in [0.15, 0.2) is 0 Å². The van der Waals surface area contributed by atoms with Gasteiger partial charge >= 0.3 is 0 Å². The molecular formula is C25H30N4O. The van der Waals surface area contributed by atoms with E-state index < -0.39 is 0 Å². The first-order valence-corrected chi connectivity index (χ1v) is 10.7. The number of hydrogen-bond acceptors (Lipinski definition) is 3. The number of benzene rings is 2. The number of hydrogen-bond donors (Lipinski definition) is 1. The average molecular weight is 403 g/mol. The summed E-state index contributed by atoms with van der Waals surface area (Å²) in [5.74, 6) is 1.72. The summed E-state index contributed by atoms with van der Waals surface area (Å²) in [4.78, 5) is 19.3. The Morgan fingerprint density at radius 2 is 1.87 bits per heavy atom. The maximum Gasteiger partial charge on any atom is 0.238 e. The topological polar surface area (TPSA) is 50.2 Å². The quantitative estimate of drug-likeness (QED) is 0.660. The molecule has 1 aliphatic rings. The molecule has 0 atom stereocenters. The van der Waals surface area contributed by atoms with Crippen molar-refractivity contribution in [2.75, 3.05) is 25.0 Å². The Morgan fingerprint density at radius 1 is 1.10 bits per heavy atom. The van der Waals surface area contributed by atoms with Crippen LogP contribution in [0.5, 0.6) is 0 Å². The van der Waals surface area contributed by atoms with Crippen LogP contribution in [0.3, 0.4) is 0 Å². The van der Waals surface area contributed by atoms with Gasteiger partial charge in [-0.15, -0.1) is 0 Å². The van der Waals surface area contributed by atoms with E-state index in [1.54, 1.807) is 0 Å². The second-order valence-electron chi connectivity index (χ2n) is 8.36. The molecule has 0 radical (unpaired) electrons. The summed E-state index contributed by atoms with van der Waals surface area (Å²) in [7, 11) is 0. The summed E-state index contributed by atoms with van der Waals surface area (Å²) in [6.45, 7) is 7.46. The van der Waals surface area contributed by atoms with Crippen LogP contribution in [0.15, 0.2) is 60.9 Å². The first-order valence-electron chi connectivity index (χ1n) is 10.7. The molecular weight excluding hydrogens is 372 g/mol. The second kappa shape index (κ2) is 9.26. The van der Waals surface area contributed by atoms with Crippen LogP contribution in [0.4, 0.5) is 5.69 Å². The molecule has 4 rings (SSSR count). The maximum atomic E-state index is 12.5. The Morgan fingerprint density at radius 3 is 2.60 bits per heavy atom. The Bertz CT molecular complexity index is 987. The number of imidazole rings is 1. The average Bonchev–Trinajstić information content (AvgIpc) is 3.20. The Labute approximate surface area is 178 Å². The first kappa shape index (κ1) is 20.4. The van der Waals surface area contributed by atoms with Crippen molar-refractivity contribution < 1.29 is 4.79 Å². The molecule has 1 saturated heterocycles. The van der Waals surface area contributed by atoms with Crippen molar-refractivity contribution in [1.29, 1.82) is 0 Å². The third-order valence-corrected chi connectivity index (χ3v) is 5.93. The van der Waals surface area contributed by atoms with E-state index in [4.69, 9.17) is 0 Å². The Balaban J connectivity index is 1.28. The SMILES string of the molecule is Cc1ccc(NC(=O)CN2CCC(Cn3ccnc3-c3ccccc3)CC2)c(C)c1. The summed E-state index contributed by atoms with van der Waals surface area (Å²) in [5.41, 5.74) is 4.38. The van der Waals surface area contributed by atoms with Crippen molar-refractivity contribution in [2.24, 2.45) is 5.92 Å². The molecule has 1 aromatic heterocycles. The number of aryl methyl sites for hydroxylation is 2. The normalized spacial score (nSPS) is 15.3. The number of aromatic nitrogens is 2. The van der Waals surface area contributed by atoms with Gasteiger partial charge in [0.1, 0.15) is 5.82 Å². The lowest BCUT2D eigenvalue weighted by Gasteiger charge is -2.31. The van der Waals surface area contributed by atoms with Crippen LogP contribution < -0.4 is 5.32 Å². The highest BCUT2D eigenvalue weighted by Gasteiger charge is 2.22. The van der Waals surface area contributed by atoms with Crippen LogP contribution >= 0.6 is 0 Å². The van der Waals surface area contributed by atoms with Crippen molar-refractivity contribution in [3.8, 4) is 11.4 Å². The largest absolute Gasteiger partial charge is 0.331 e. The predicted octanol–water partition coefficient (Wildman–Crippen LogP) is 4.52. The van der Waals surface area contributed by atoms with E-state index >= 15 is 0 Å². The Hall–Kier alpha value is -2.92. The number of carbonyl (C=O) groups excluding carboxylic acids is 1. The number of nitrogens with one attached hydrogen (secondary N) is 1. The molecule has 2 heterocycles. The van der Waals surface area contributed by atoms with E-state index in [2.05, 4.69) is 63.2 Å². The van der Waals surface area contributed by atoms with Gasteiger partial charge in [-0.05, 0) is 57.3 Å². The number of nitrogens with zero attached hydrogens (tertiary/aromatic N) is 3. The van der Waals surface area contributed by atoms with Gasteiger partial charge in [-0.2, -0.15) is 0 Å². The van der Waals surface area contributed by atoms with E-state index in [-0.39, 0.29) is 5.91 Å². The van der Waals surface area contributed by atoms with Crippen molar-refractivity contribution in [2.45, 2.75) is 33.2 Å². The molecule has 3 aromatic rings. The molecule has 0 unspecified atom stereocenters. The van der Waals surface area contributed by atoms with E-state index in [0.717, 1.165) is 55.1 Å². The number of carbonyl (C=O) groups is 1. The van der Waals surface area contributed by atoms with Gasteiger partial charge in [0, 0.05) is 30.2 Å². The third kappa shape index (κ3) is 4.97. The fourth-order valence-corrected chi connectivity index (χ4v) is 4.26. The summed E-state index contributed by atoms with van der Waals surface area (Å²) < 4.78 is 2.27. The zero-order chi connectivity index (χ0) is 20.9. The minimum absolute atomic E-state index is 0.0707. The van der Waals surface area contributed by atoms with E-state index in [1.165, 1.54) is 5.56 Å². The number of piperidine rings is 1. The van der Waals surface area contributed by atoms with Crippen LogP contribution in [-0.2, 0) is 11.3 Å². The van der Waals surface area contributed by atoms with Gasteiger partial charge in [0.2, 0.25) is 5.91 Å². The lowest BCUT2D eigenvalue weighted by Crippen LogP contribution is -2.40. The number of likely N-dealkylation sites (tertiary alicyclic amines) is 1. The standard InChI is InChI=1S/C25H30N4O/c1-19-8-9-23(20(2)16-19)27-24(30)18-28-13-10-21(11-14-28)17-29-15-12-26-25(29)22-6-4-3-5-7-22/h3-9,12,15-16,21H,10-11,13-14,17-18H2,1-2H3,(H,27,30). The van der Waals surface area contributed by atoms with Gasteiger partial charge in [-0.25, -0.2) is 4.98 Å². The van der Waals surface area contributed by atoms with Gasteiger partial charge in [-0.3, -0.25) is 9.69 Å². The molecule has 1 fully saturated rings. The third-order valence-electron chi connectivity index (χ3n) is 5.93. The molecule has 30 heavy (non-hydrogen) atoms. The van der Waals surface area contributed by atoms with E-state index in [9.17, 15) is 4.79 Å². The fourth-order valence-electron chi connectivity index (χ4n) is 4.26. The van der Waals surface area contributed by atoms with Crippen LogP contribution in [0, 0.1) is 19.8 Å². The fraction of sp³-hybridized carbons (Fsp3) is 0.360. The van der Waals surface area contributed by atoms with Crippen molar-refractivity contribution in [3.05, 3.63) is 72.1 Å². The smallest absolute Gasteiger partial charge is 0.238 e. The highest BCUT2D eigenvalue weighted by atomic mass is 16.2. The highest BCUT2D eigenvalue weighted by molar-refractivity contribution is 5.93. The van der Waals surface area contributed by atoms with Crippen molar-refractivity contribution >= 4 is 11.6 Å². The second-order valence-corrected chi connectivity index (χ2v) is 8.36. The lowest BCUT2D eigenvalue weighted by molar-refractivity contribution is -0.117. The molecule has 5 heteroatoms. The van der Waals surface area contributed by atoms with Crippen LogP contribution in [0.2, 0.25) is 0 Å². The summed E-state index contributed by atoms with van der Waals surface area (Å²) in [5, 5.41) is 3.06. The summed E-state index contributed by atoms with van der Waals surface area (Å²) >= 11 is 0. The van der Waals surface area contributed by atoms with Crippen LogP contribution in [0.1, 0.15) is 24.0 Å². The van der Waals surface area contributed by atoms with Crippen molar-refractivity contribution in [3.63, 3.8) is 0 Å². The van der Waals surface area contributed by atoms with Gasteiger partial charge in [0.25, 0.3) is 0 Å². The van der Waals surface area contributed by atoms with Crippen LogP contribution in [-0.4, -0.2) is 40.0 Å². The first-order chi connectivity index (χ1) is 14.6. The molecule has 5 nitrogen and oxygen atoms in total. The van der Waals surface area contributed by atoms with Gasteiger partial charge < -0.3 is 9.88 Å². The maximum absolute atomic E-state index is 12.5. The highest BCUT2D eigenvalue weighted by Crippen LogP contribution is 2.23. The molecule has 1 aliphatic heterocycles. The molecule has 0 aliphatic carbocycles. The molecule has 156 valence electrons. The molecule has 0 saturated carbocycles. The molecule has 1 amide bonds. The summed E-state index contributed by atoms with van der Waals surface area (Å²) in [6.07, 6.45) is 6.16. The number of amides is 1. The lowest BCUT2D eigenvalue weighted by atomic mass is 9.96. The number of rotatable bonds is 6. The van der Waals surface area contributed by atoms with Gasteiger partial charge in [0.05, 0.1) is 6.54 Å². The predicted molar refractivity (Wildman–Crippen MR) is 121 cm³/mol. The van der Waals surface area contributed by atoms with Gasteiger partial charge in [-0.1, -0.05) is 48.0 Å². The monoisotopic (exact) mass is 402 g/mol. The van der Waals surface area contributed by atoms with E-state index in [0.29, 0.717) is 12.5 Å². The summed E-state index contributed by atoms with van der Waals surface area (Å²) in [6, 6.07) is 16.5. The number of anilines is 1. The molecule has 0 spiro atoms. The zero-order valence-electron chi connectivity index (χ0n) is 17.8. The van der Waals surface area contributed by atoms with E-state index in [1.807, 2.05) is 31.3 Å². The minimum atomic E-state index is 0.0707. The minimum Gasteiger partial charge on any atom is -0.331 e. The Kier molecular flexibility index (Phi) is 6.29. The molecule has 1 N–H and O–H groups in total. The van der Waals surface area contributed by atoms with Crippen LogP contribution in [0.25, 0.3) is 11.4 Å².